The van der Waals surface area contributed by atoms with Crippen molar-refractivity contribution in [3.05, 3.63) is 51.5 Å². The SMILES string of the molecule is CSCc1ccc(C(=O)NCc2nc(C(=O)O)cs2)cc1. The lowest BCUT2D eigenvalue weighted by Gasteiger charge is -2.04. The first-order valence-corrected chi connectivity index (χ1v) is 8.41. The van der Waals surface area contributed by atoms with Crippen molar-refractivity contribution in [2.75, 3.05) is 6.26 Å². The van der Waals surface area contributed by atoms with E-state index < -0.39 is 5.97 Å². The molecule has 0 atom stereocenters. The smallest absolute Gasteiger partial charge is 0.355 e. The number of aromatic carboxylic acids is 1. The predicted molar refractivity (Wildman–Crippen MR) is 83.9 cm³/mol. The number of nitrogens with one attached hydrogen (secondary N) is 1. The molecule has 2 N–H and O–H groups in total. The summed E-state index contributed by atoms with van der Waals surface area (Å²) in [4.78, 5) is 26.6. The van der Waals surface area contributed by atoms with Gasteiger partial charge in [0.05, 0.1) is 6.54 Å². The van der Waals surface area contributed by atoms with Gasteiger partial charge in [0, 0.05) is 16.7 Å². The zero-order valence-electron chi connectivity index (χ0n) is 11.3. The molecule has 2 aromatic rings. The van der Waals surface area contributed by atoms with Crippen LogP contribution in [-0.4, -0.2) is 28.2 Å². The van der Waals surface area contributed by atoms with Crippen LogP contribution in [0.5, 0.6) is 0 Å². The number of thioether (sulfide) groups is 1. The van der Waals surface area contributed by atoms with E-state index in [4.69, 9.17) is 5.11 Å². The highest BCUT2D eigenvalue weighted by Crippen LogP contribution is 2.12. The number of carbonyl (C=O) groups excluding carboxylic acids is 1. The second-order valence-corrected chi connectivity index (χ2v) is 6.05. The average molecular weight is 322 g/mol. The topological polar surface area (TPSA) is 79.3 Å². The van der Waals surface area contributed by atoms with Gasteiger partial charge in [-0.15, -0.1) is 11.3 Å². The zero-order valence-corrected chi connectivity index (χ0v) is 13.0. The number of carboxylic acids is 1. The summed E-state index contributed by atoms with van der Waals surface area (Å²) in [6, 6.07) is 7.42. The molecule has 0 unspecified atom stereocenters. The predicted octanol–water partition coefficient (Wildman–Crippen LogP) is 2.63. The number of hydrogen-bond acceptors (Lipinski definition) is 5. The van der Waals surface area contributed by atoms with Gasteiger partial charge >= 0.3 is 5.97 Å². The van der Waals surface area contributed by atoms with Crippen LogP contribution in [0.15, 0.2) is 29.6 Å². The molecule has 5 nitrogen and oxygen atoms in total. The van der Waals surface area contributed by atoms with Crippen molar-refractivity contribution in [3.8, 4) is 0 Å². The van der Waals surface area contributed by atoms with Crippen LogP contribution in [0.3, 0.4) is 0 Å². The molecule has 0 radical (unpaired) electrons. The molecule has 0 aliphatic rings. The van der Waals surface area contributed by atoms with Crippen LogP contribution in [-0.2, 0) is 12.3 Å². The molecular formula is C14H14N2O3S2. The molecule has 0 aliphatic heterocycles. The normalized spacial score (nSPS) is 10.3. The molecule has 1 heterocycles. The van der Waals surface area contributed by atoms with Gasteiger partial charge in [0.15, 0.2) is 5.69 Å². The van der Waals surface area contributed by atoms with E-state index in [0.717, 1.165) is 5.75 Å². The Kier molecular flexibility index (Phi) is 5.35. The fraction of sp³-hybridized carbons (Fsp3) is 0.214. The maximum atomic E-state index is 12.0. The minimum atomic E-state index is -1.06. The summed E-state index contributed by atoms with van der Waals surface area (Å²) >= 11 is 2.94. The molecule has 110 valence electrons. The van der Waals surface area contributed by atoms with Gasteiger partial charge in [0.2, 0.25) is 0 Å². The average Bonchev–Trinajstić information content (AvgIpc) is 2.95. The second-order valence-electron chi connectivity index (χ2n) is 4.24. The first-order valence-electron chi connectivity index (χ1n) is 6.14. The van der Waals surface area contributed by atoms with Gasteiger partial charge in [-0.2, -0.15) is 11.8 Å². The molecule has 0 fully saturated rings. The van der Waals surface area contributed by atoms with Gasteiger partial charge in [-0.3, -0.25) is 4.79 Å². The van der Waals surface area contributed by atoms with Crippen LogP contribution in [0.25, 0.3) is 0 Å². The number of rotatable bonds is 6. The number of thiazole rings is 1. The van der Waals surface area contributed by atoms with Crippen LogP contribution in [0, 0.1) is 0 Å². The third-order valence-electron chi connectivity index (χ3n) is 2.70. The summed E-state index contributed by atoms with van der Waals surface area (Å²) in [5.74, 6) is -0.343. The fourth-order valence-electron chi connectivity index (χ4n) is 1.67. The number of carbonyl (C=O) groups is 2. The number of aromatic nitrogens is 1. The molecular weight excluding hydrogens is 308 g/mol. The van der Waals surface area contributed by atoms with Crippen LogP contribution in [0.2, 0.25) is 0 Å². The molecule has 7 heteroatoms. The van der Waals surface area contributed by atoms with Crippen LogP contribution < -0.4 is 5.32 Å². The van der Waals surface area contributed by atoms with Gasteiger partial charge in [-0.25, -0.2) is 9.78 Å². The van der Waals surface area contributed by atoms with Crippen LogP contribution >= 0.6 is 23.1 Å². The van der Waals surface area contributed by atoms with Gasteiger partial charge in [0.1, 0.15) is 5.01 Å². The summed E-state index contributed by atoms with van der Waals surface area (Å²) in [6.45, 7) is 0.226. The lowest BCUT2D eigenvalue weighted by atomic mass is 10.1. The zero-order chi connectivity index (χ0) is 15.2. The highest BCUT2D eigenvalue weighted by molar-refractivity contribution is 7.97. The summed E-state index contributed by atoms with van der Waals surface area (Å²) in [5, 5.41) is 13.5. The Morgan fingerprint density at radius 3 is 2.62 bits per heavy atom. The molecule has 0 saturated heterocycles. The van der Waals surface area contributed by atoms with Gasteiger partial charge in [0.25, 0.3) is 5.91 Å². The fourth-order valence-corrected chi connectivity index (χ4v) is 2.90. The minimum Gasteiger partial charge on any atom is -0.476 e. The van der Waals surface area contributed by atoms with Gasteiger partial charge < -0.3 is 10.4 Å². The molecule has 1 aromatic heterocycles. The van der Waals surface area contributed by atoms with E-state index in [1.54, 1.807) is 23.9 Å². The van der Waals surface area contributed by atoms with E-state index in [0.29, 0.717) is 10.6 Å². The summed E-state index contributed by atoms with van der Waals surface area (Å²) < 4.78 is 0. The van der Waals surface area contributed by atoms with Gasteiger partial charge in [-0.1, -0.05) is 12.1 Å². The molecule has 0 bridgehead atoms. The number of hydrogen-bond donors (Lipinski definition) is 2. The highest BCUT2D eigenvalue weighted by atomic mass is 32.2. The highest BCUT2D eigenvalue weighted by Gasteiger charge is 2.10. The van der Waals surface area contributed by atoms with Crippen molar-refractivity contribution < 1.29 is 14.7 Å². The van der Waals surface area contributed by atoms with Gasteiger partial charge in [-0.05, 0) is 24.0 Å². The second kappa shape index (κ2) is 7.24. The lowest BCUT2D eigenvalue weighted by Crippen LogP contribution is -2.22. The number of amides is 1. The Balaban J connectivity index is 1.92. The Bertz CT molecular complexity index is 638. The van der Waals surface area contributed by atoms with E-state index in [1.165, 1.54) is 22.3 Å². The van der Waals surface area contributed by atoms with Crippen molar-refractivity contribution in [1.82, 2.24) is 10.3 Å². The summed E-state index contributed by atoms with van der Waals surface area (Å²) in [6.07, 6.45) is 2.03. The monoisotopic (exact) mass is 322 g/mol. The van der Waals surface area contributed by atoms with E-state index in [1.807, 2.05) is 18.4 Å². The Hall–Kier alpha value is -1.86. The molecule has 1 amide bonds. The van der Waals surface area contributed by atoms with Crippen molar-refractivity contribution in [2.45, 2.75) is 12.3 Å². The third kappa shape index (κ3) is 4.30. The van der Waals surface area contributed by atoms with Crippen molar-refractivity contribution in [2.24, 2.45) is 0 Å². The van der Waals surface area contributed by atoms with Crippen LogP contribution in [0.4, 0.5) is 0 Å². The van der Waals surface area contributed by atoms with E-state index in [-0.39, 0.29) is 18.1 Å². The van der Waals surface area contributed by atoms with Crippen molar-refractivity contribution in [3.63, 3.8) is 0 Å². The Morgan fingerprint density at radius 1 is 1.33 bits per heavy atom. The molecule has 2 rings (SSSR count). The number of nitrogens with zero attached hydrogens (tertiary/aromatic N) is 1. The Morgan fingerprint density at radius 2 is 2.05 bits per heavy atom. The van der Waals surface area contributed by atoms with Crippen molar-refractivity contribution >= 4 is 35.0 Å². The quantitative estimate of drug-likeness (QED) is 0.854. The first kappa shape index (κ1) is 15.5. The minimum absolute atomic E-state index is 0.00525. The van der Waals surface area contributed by atoms with E-state index in [9.17, 15) is 9.59 Å². The molecule has 21 heavy (non-hydrogen) atoms. The van der Waals surface area contributed by atoms with E-state index in [2.05, 4.69) is 10.3 Å². The Labute approximate surface area is 130 Å². The number of carboxylic acid groups (broad SMARTS) is 1. The number of benzene rings is 1. The molecule has 1 aromatic carbocycles. The molecule has 0 saturated carbocycles. The summed E-state index contributed by atoms with van der Waals surface area (Å²) in [7, 11) is 0. The third-order valence-corrected chi connectivity index (χ3v) is 4.17. The maximum Gasteiger partial charge on any atom is 0.355 e. The maximum absolute atomic E-state index is 12.0. The van der Waals surface area contributed by atoms with Crippen LogP contribution in [0.1, 0.15) is 31.4 Å². The van der Waals surface area contributed by atoms with Crippen molar-refractivity contribution in [1.29, 1.82) is 0 Å². The first-order chi connectivity index (χ1) is 10.1. The largest absolute Gasteiger partial charge is 0.476 e. The lowest BCUT2D eigenvalue weighted by molar-refractivity contribution is 0.0691. The molecule has 0 spiro atoms. The molecule has 0 aliphatic carbocycles. The summed E-state index contributed by atoms with van der Waals surface area (Å²) in [5.41, 5.74) is 1.76. The standard InChI is InChI=1S/C14H14N2O3S2/c1-20-7-9-2-4-10(5-3-9)13(17)15-6-12-16-11(8-21-12)14(18)19/h2-5,8H,6-7H2,1H3,(H,15,17)(H,18,19). The van der Waals surface area contributed by atoms with E-state index >= 15 is 0 Å².